The monoisotopic (exact) mass is 347 g/mol. The van der Waals surface area contributed by atoms with Crippen molar-refractivity contribution in [3.8, 4) is 0 Å². The number of nitrogens with two attached hydrogens (primary N) is 1. The van der Waals surface area contributed by atoms with Gasteiger partial charge in [-0.15, -0.1) is 0 Å². The third-order valence-corrected chi connectivity index (χ3v) is 4.86. The van der Waals surface area contributed by atoms with Gasteiger partial charge in [0.2, 0.25) is 0 Å². The number of fused-ring (bicyclic) bond motifs is 1. The van der Waals surface area contributed by atoms with Crippen LogP contribution < -0.4 is 10.6 Å². The topological polar surface area (TPSA) is 42.1 Å². The van der Waals surface area contributed by atoms with Crippen molar-refractivity contribution in [2.24, 2.45) is 0 Å². The molecule has 3 rings (SSSR count). The van der Waals surface area contributed by atoms with Gasteiger partial charge in [-0.2, -0.15) is 0 Å². The van der Waals surface area contributed by atoms with Crippen LogP contribution in [0.3, 0.4) is 0 Å². The summed E-state index contributed by atoms with van der Waals surface area (Å²) in [5.74, 6) is 0. The molecule has 0 radical (unpaired) electrons. The summed E-state index contributed by atoms with van der Waals surface area (Å²) in [6, 6.07) is 6.84. The zero-order chi connectivity index (χ0) is 14.8. The molecule has 1 saturated heterocycles. The molecule has 2 heterocycles. The van der Waals surface area contributed by atoms with Crippen molar-refractivity contribution in [3.63, 3.8) is 0 Å². The van der Waals surface area contributed by atoms with Gasteiger partial charge >= 0.3 is 0 Å². The minimum Gasteiger partial charge on any atom is -0.396 e. The molecule has 1 aromatic heterocycles. The molecule has 112 valence electrons. The van der Waals surface area contributed by atoms with Gasteiger partial charge in [0.25, 0.3) is 0 Å². The molecule has 1 fully saturated rings. The zero-order valence-corrected chi connectivity index (χ0v) is 14.1. The minimum absolute atomic E-state index is 0.607. The number of halogens is 1. The van der Waals surface area contributed by atoms with Gasteiger partial charge in [-0.3, -0.25) is 4.98 Å². The van der Waals surface area contributed by atoms with E-state index in [-0.39, 0.29) is 0 Å². The van der Waals surface area contributed by atoms with E-state index in [1.165, 1.54) is 37.8 Å². The highest BCUT2D eigenvalue weighted by molar-refractivity contribution is 9.10. The maximum atomic E-state index is 6.31. The summed E-state index contributed by atoms with van der Waals surface area (Å²) in [6.07, 6.45) is 8.10. The second-order valence-corrected chi connectivity index (χ2v) is 6.77. The first-order chi connectivity index (χ1) is 10.2. The quantitative estimate of drug-likeness (QED) is 0.871. The Hall–Kier alpha value is -1.29. The number of rotatable bonds is 3. The summed E-state index contributed by atoms with van der Waals surface area (Å²) < 4.78 is 1.08. The van der Waals surface area contributed by atoms with Gasteiger partial charge in [0.1, 0.15) is 0 Å². The van der Waals surface area contributed by atoms with Crippen molar-refractivity contribution in [3.05, 3.63) is 28.9 Å². The van der Waals surface area contributed by atoms with Crippen LogP contribution >= 0.6 is 15.9 Å². The molecule has 4 heteroatoms. The Morgan fingerprint density at radius 3 is 3.05 bits per heavy atom. The van der Waals surface area contributed by atoms with E-state index >= 15 is 0 Å². The Balaban J connectivity index is 2.12. The minimum atomic E-state index is 0.607. The third kappa shape index (κ3) is 2.86. The molecule has 0 aliphatic carbocycles. The number of hydrogen-bond donors (Lipinski definition) is 1. The lowest BCUT2D eigenvalue weighted by molar-refractivity contribution is 0.436. The van der Waals surface area contributed by atoms with Crippen LogP contribution in [0.4, 0.5) is 11.4 Å². The first kappa shape index (κ1) is 14.6. The Morgan fingerprint density at radius 2 is 2.24 bits per heavy atom. The number of benzene rings is 1. The van der Waals surface area contributed by atoms with Crippen molar-refractivity contribution in [1.82, 2.24) is 4.98 Å². The van der Waals surface area contributed by atoms with E-state index in [0.29, 0.717) is 6.04 Å². The average Bonchev–Trinajstić information content (AvgIpc) is 2.48. The van der Waals surface area contributed by atoms with Crippen LogP contribution in [0.15, 0.2) is 28.9 Å². The van der Waals surface area contributed by atoms with Gasteiger partial charge in [-0.1, -0.05) is 29.3 Å². The number of piperidine rings is 1. The largest absolute Gasteiger partial charge is 0.396 e. The standard InChI is InChI=1S/C17H22BrN3/c1-2-5-13-6-3-4-9-21(13)17-14-10-12(18)7-8-16(14)20-11-15(17)19/h7-8,10-11,13H,2-6,9,19H2,1H3. The molecule has 21 heavy (non-hydrogen) atoms. The molecule has 2 aromatic rings. The molecule has 0 spiro atoms. The Labute approximate surface area is 134 Å². The predicted molar refractivity (Wildman–Crippen MR) is 93.7 cm³/mol. The number of pyridine rings is 1. The number of hydrogen-bond acceptors (Lipinski definition) is 3. The summed E-state index contributed by atoms with van der Waals surface area (Å²) in [7, 11) is 0. The molecular formula is C17H22BrN3. The van der Waals surface area contributed by atoms with E-state index in [1.807, 2.05) is 12.3 Å². The second-order valence-electron chi connectivity index (χ2n) is 5.86. The van der Waals surface area contributed by atoms with Crippen LogP contribution in [0.25, 0.3) is 10.9 Å². The lowest BCUT2D eigenvalue weighted by Gasteiger charge is -2.38. The summed E-state index contributed by atoms with van der Waals surface area (Å²) in [4.78, 5) is 7.00. The van der Waals surface area contributed by atoms with E-state index < -0.39 is 0 Å². The van der Waals surface area contributed by atoms with Crippen LogP contribution in [-0.2, 0) is 0 Å². The highest BCUT2D eigenvalue weighted by atomic mass is 79.9. The van der Waals surface area contributed by atoms with E-state index in [9.17, 15) is 0 Å². The zero-order valence-electron chi connectivity index (χ0n) is 12.5. The number of aromatic nitrogens is 1. The fraction of sp³-hybridized carbons (Fsp3) is 0.471. The number of nitrogen functional groups attached to an aromatic ring is 1. The number of anilines is 2. The molecule has 0 amide bonds. The van der Waals surface area contributed by atoms with Crippen molar-refractivity contribution in [2.75, 3.05) is 17.2 Å². The summed E-state index contributed by atoms with van der Waals surface area (Å²) in [5, 5.41) is 1.16. The highest BCUT2D eigenvalue weighted by Gasteiger charge is 2.25. The Morgan fingerprint density at radius 1 is 1.38 bits per heavy atom. The van der Waals surface area contributed by atoms with Gasteiger partial charge in [0.15, 0.2) is 0 Å². The maximum absolute atomic E-state index is 6.31. The molecule has 1 aliphatic heterocycles. The summed E-state index contributed by atoms with van der Waals surface area (Å²) >= 11 is 3.57. The molecular weight excluding hydrogens is 326 g/mol. The Bertz CT molecular complexity index is 634. The second kappa shape index (κ2) is 6.22. The van der Waals surface area contributed by atoms with Gasteiger partial charge < -0.3 is 10.6 Å². The van der Waals surface area contributed by atoms with Crippen LogP contribution in [0, 0.1) is 0 Å². The van der Waals surface area contributed by atoms with Crippen LogP contribution in [-0.4, -0.2) is 17.6 Å². The van der Waals surface area contributed by atoms with E-state index in [0.717, 1.165) is 27.6 Å². The van der Waals surface area contributed by atoms with Gasteiger partial charge in [0, 0.05) is 22.4 Å². The first-order valence-corrected chi connectivity index (χ1v) is 8.60. The molecule has 1 aliphatic rings. The normalized spacial score (nSPS) is 19.1. The molecule has 0 saturated carbocycles. The third-order valence-electron chi connectivity index (χ3n) is 4.37. The van der Waals surface area contributed by atoms with Gasteiger partial charge in [-0.25, -0.2) is 0 Å². The van der Waals surface area contributed by atoms with E-state index in [4.69, 9.17) is 5.73 Å². The lowest BCUT2D eigenvalue weighted by Crippen LogP contribution is -2.40. The summed E-state index contributed by atoms with van der Waals surface area (Å²) in [5.41, 5.74) is 9.30. The Kier molecular flexibility index (Phi) is 4.34. The lowest BCUT2D eigenvalue weighted by atomic mass is 9.96. The van der Waals surface area contributed by atoms with Crippen LogP contribution in [0.2, 0.25) is 0 Å². The molecule has 1 unspecified atom stereocenters. The highest BCUT2D eigenvalue weighted by Crippen LogP contribution is 2.37. The van der Waals surface area contributed by atoms with Crippen LogP contribution in [0.1, 0.15) is 39.0 Å². The van der Waals surface area contributed by atoms with Gasteiger partial charge in [-0.05, 0) is 43.9 Å². The van der Waals surface area contributed by atoms with Crippen molar-refractivity contribution in [2.45, 2.75) is 45.1 Å². The van der Waals surface area contributed by atoms with Gasteiger partial charge in [0.05, 0.1) is 23.1 Å². The first-order valence-electron chi connectivity index (χ1n) is 7.81. The van der Waals surface area contributed by atoms with Crippen molar-refractivity contribution < 1.29 is 0 Å². The van der Waals surface area contributed by atoms with Crippen LogP contribution in [0.5, 0.6) is 0 Å². The number of nitrogens with zero attached hydrogens (tertiary/aromatic N) is 2. The average molecular weight is 348 g/mol. The summed E-state index contributed by atoms with van der Waals surface area (Å²) in [6.45, 7) is 3.36. The predicted octanol–water partition coefficient (Wildman–Crippen LogP) is 4.74. The molecule has 3 nitrogen and oxygen atoms in total. The molecule has 1 aromatic carbocycles. The van der Waals surface area contributed by atoms with E-state index in [1.54, 1.807) is 0 Å². The van der Waals surface area contributed by atoms with E-state index in [2.05, 4.69) is 44.9 Å². The molecule has 1 atom stereocenters. The molecule has 2 N–H and O–H groups in total. The molecule has 0 bridgehead atoms. The smallest absolute Gasteiger partial charge is 0.0745 e. The SMILES string of the molecule is CCCC1CCCCN1c1c(N)cnc2ccc(Br)cc12. The maximum Gasteiger partial charge on any atom is 0.0745 e. The fourth-order valence-electron chi connectivity index (χ4n) is 3.42. The fourth-order valence-corrected chi connectivity index (χ4v) is 3.78. The van der Waals surface area contributed by atoms with Crippen molar-refractivity contribution in [1.29, 1.82) is 0 Å². The van der Waals surface area contributed by atoms with Crippen molar-refractivity contribution >= 4 is 38.2 Å².